The molecule has 3 aromatic rings. The van der Waals surface area contributed by atoms with Crippen LogP contribution in [0.1, 0.15) is 24.3 Å². The fourth-order valence-corrected chi connectivity index (χ4v) is 4.65. The van der Waals surface area contributed by atoms with Crippen LogP contribution in [0.2, 0.25) is 0 Å². The molecule has 1 atom stereocenters. The van der Waals surface area contributed by atoms with Crippen LogP contribution >= 0.6 is 0 Å². The number of aromatic nitrogens is 3. The fourth-order valence-electron chi connectivity index (χ4n) is 4.65. The van der Waals surface area contributed by atoms with E-state index in [0.717, 1.165) is 68.0 Å². The van der Waals surface area contributed by atoms with Crippen LogP contribution in [-0.2, 0) is 4.79 Å². The lowest BCUT2D eigenvalue weighted by Crippen LogP contribution is -2.57. The van der Waals surface area contributed by atoms with Gasteiger partial charge >= 0.3 is 0 Å². The van der Waals surface area contributed by atoms with E-state index in [-0.39, 0.29) is 5.92 Å². The van der Waals surface area contributed by atoms with Crippen LogP contribution < -0.4 is 4.90 Å². The molecule has 0 spiro atoms. The monoisotopic (exact) mass is 404 g/mol. The van der Waals surface area contributed by atoms with E-state index >= 15 is 0 Å². The molecule has 2 fully saturated rings. The molecular weight excluding hydrogens is 376 g/mol. The Balaban J connectivity index is 1.47. The highest BCUT2D eigenvalue weighted by atomic mass is 16.1. The number of rotatable bonds is 5. The molecule has 2 saturated heterocycles. The number of hydrogen-bond acceptors (Lipinski definition) is 5. The number of likely N-dealkylation sites (N-methyl/N-ethyl adjacent to an activating group) is 1. The van der Waals surface area contributed by atoms with Crippen LogP contribution in [0.25, 0.3) is 16.8 Å². The molecule has 0 radical (unpaired) electrons. The van der Waals surface area contributed by atoms with E-state index in [4.69, 9.17) is 10.1 Å². The summed E-state index contributed by atoms with van der Waals surface area (Å²) >= 11 is 0. The highest BCUT2D eigenvalue weighted by Gasteiger charge is 2.30. The van der Waals surface area contributed by atoms with Crippen LogP contribution in [-0.4, -0.2) is 77.1 Å². The second-order valence-corrected chi connectivity index (χ2v) is 8.66. The molecule has 1 unspecified atom stereocenters. The van der Waals surface area contributed by atoms with Gasteiger partial charge in [-0.2, -0.15) is 5.10 Å². The Kier molecular flexibility index (Phi) is 4.90. The van der Waals surface area contributed by atoms with Crippen LogP contribution in [0, 0.1) is 0 Å². The largest absolute Gasteiger partial charge is 0.353 e. The average molecular weight is 405 g/mol. The fraction of sp³-hybridized carbons (Fsp3) is 0.435. The van der Waals surface area contributed by atoms with Crippen molar-refractivity contribution in [2.24, 2.45) is 0 Å². The van der Waals surface area contributed by atoms with Crippen LogP contribution in [0.4, 0.5) is 5.82 Å². The maximum Gasteiger partial charge on any atom is 0.209 e. The van der Waals surface area contributed by atoms with Crippen LogP contribution in [0.15, 0.2) is 42.7 Å². The van der Waals surface area contributed by atoms with Crippen LogP contribution in [0.5, 0.6) is 0 Å². The van der Waals surface area contributed by atoms with Crippen molar-refractivity contribution in [1.29, 1.82) is 0 Å². The quantitative estimate of drug-likeness (QED) is 0.612. The van der Waals surface area contributed by atoms with Crippen molar-refractivity contribution < 1.29 is 4.79 Å². The molecule has 0 aliphatic carbocycles. The van der Waals surface area contributed by atoms with E-state index in [2.05, 4.69) is 48.2 Å². The summed E-state index contributed by atoms with van der Waals surface area (Å²) in [4.78, 5) is 22.6. The standard InChI is InChI=1S/C23H28N6O/c1-26(2)19-14-28(15-19)21-9-8-17(12-24-21)23-22(18-6-5-10-27(13-18)16-30)20-7-3-4-11-29(20)25-23/h3-4,7-9,11-12,16,18-19H,5-6,10,13-15H2,1-2H3. The molecule has 3 aromatic heterocycles. The zero-order valence-corrected chi connectivity index (χ0v) is 17.6. The van der Waals surface area contributed by atoms with Gasteiger partial charge < -0.3 is 14.7 Å². The second-order valence-electron chi connectivity index (χ2n) is 8.66. The van der Waals surface area contributed by atoms with Crippen molar-refractivity contribution in [3.05, 3.63) is 48.3 Å². The molecule has 7 nitrogen and oxygen atoms in total. The molecule has 0 bridgehead atoms. The Hall–Kier alpha value is -2.93. The number of likely N-dealkylation sites (tertiary alicyclic amines) is 1. The number of fused-ring (bicyclic) bond motifs is 1. The third-order valence-corrected chi connectivity index (χ3v) is 6.53. The Morgan fingerprint density at radius 1 is 1.13 bits per heavy atom. The van der Waals surface area contributed by atoms with E-state index in [0.29, 0.717) is 6.04 Å². The lowest BCUT2D eigenvalue weighted by molar-refractivity contribution is -0.119. The van der Waals surface area contributed by atoms with Crippen molar-refractivity contribution in [3.63, 3.8) is 0 Å². The first kappa shape index (κ1) is 19.1. The van der Waals surface area contributed by atoms with Gasteiger partial charge in [-0.3, -0.25) is 4.79 Å². The van der Waals surface area contributed by atoms with Gasteiger partial charge in [-0.1, -0.05) is 6.07 Å². The smallest absolute Gasteiger partial charge is 0.209 e. The van der Waals surface area contributed by atoms with Gasteiger partial charge in [0.15, 0.2) is 0 Å². The highest BCUT2D eigenvalue weighted by molar-refractivity contribution is 5.74. The van der Waals surface area contributed by atoms with Crippen molar-refractivity contribution in [3.8, 4) is 11.3 Å². The lowest BCUT2D eigenvalue weighted by Gasteiger charge is -2.43. The molecule has 0 saturated carbocycles. The predicted molar refractivity (Wildman–Crippen MR) is 118 cm³/mol. The summed E-state index contributed by atoms with van der Waals surface area (Å²) in [6.45, 7) is 3.62. The Bertz CT molecular complexity index is 1040. The zero-order valence-electron chi connectivity index (χ0n) is 17.6. The van der Waals surface area contributed by atoms with Crippen molar-refractivity contribution in [2.45, 2.75) is 24.8 Å². The molecule has 2 aliphatic rings. The Labute approximate surface area is 176 Å². The Morgan fingerprint density at radius 2 is 2.00 bits per heavy atom. The summed E-state index contributed by atoms with van der Waals surface area (Å²) in [6, 6.07) is 11.0. The summed E-state index contributed by atoms with van der Waals surface area (Å²) in [6.07, 6.45) is 7.00. The van der Waals surface area contributed by atoms with Gasteiger partial charge in [0.25, 0.3) is 0 Å². The minimum absolute atomic E-state index is 0.287. The first-order valence-electron chi connectivity index (χ1n) is 10.7. The lowest BCUT2D eigenvalue weighted by atomic mass is 9.88. The second kappa shape index (κ2) is 7.72. The molecule has 5 heterocycles. The van der Waals surface area contributed by atoms with E-state index in [1.165, 1.54) is 5.56 Å². The van der Waals surface area contributed by atoms with Gasteiger partial charge in [-0.05, 0) is 51.2 Å². The number of carbonyl (C=O) groups is 1. The predicted octanol–water partition coefficient (Wildman–Crippen LogP) is 2.48. The average Bonchev–Trinajstić information content (AvgIpc) is 3.12. The molecular formula is C23H28N6O. The van der Waals surface area contributed by atoms with E-state index in [9.17, 15) is 4.79 Å². The normalized spacial score (nSPS) is 20.0. The van der Waals surface area contributed by atoms with Crippen molar-refractivity contribution in [1.82, 2.24) is 24.4 Å². The van der Waals surface area contributed by atoms with E-state index in [1.807, 2.05) is 27.9 Å². The topological polar surface area (TPSA) is 57.0 Å². The molecule has 156 valence electrons. The first-order chi connectivity index (χ1) is 14.6. The third-order valence-electron chi connectivity index (χ3n) is 6.53. The summed E-state index contributed by atoms with van der Waals surface area (Å²) in [7, 11) is 4.25. The van der Waals surface area contributed by atoms with Gasteiger partial charge in [-0.15, -0.1) is 0 Å². The molecule has 2 aliphatic heterocycles. The molecule has 5 rings (SSSR count). The molecule has 0 aromatic carbocycles. The van der Waals surface area contributed by atoms with Crippen molar-refractivity contribution >= 4 is 17.7 Å². The van der Waals surface area contributed by atoms with Gasteiger partial charge in [0.05, 0.1) is 11.2 Å². The maximum atomic E-state index is 11.4. The van der Waals surface area contributed by atoms with Crippen molar-refractivity contribution in [2.75, 3.05) is 45.2 Å². The summed E-state index contributed by atoms with van der Waals surface area (Å²) in [5.41, 5.74) is 4.36. The summed E-state index contributed by atoms with van der Waals surface area (Å²) in [5, 5.41) is 4.90. The molecule has 30 heavy (non-hydrogen) atoms. The Morgan fingerprint density at radius 3 is 2.73 bits per heavy atom. The minimum Gasteiger partial charge on any atom is -0.353 e. The highest BCUT2D eigenvalue weighted by Crippen LogP contribution is 2.37. The first-order valence-corrected chi connectivity index (χ1v) is 10.7. The minimum atomic E-state index is 0.287. The van der Waals surface area contributed by atoms with Gasteiger partial charge in [0, 0.05) is 61.7 Å². The molecule has 7 heteroatoms. The number of carbonyl (C=O) groups excluding carboxylic acids is 1. The maximum absolute atomic E-state index is 11.4. The molecule has 0 N–H and O–H groups in total. The summed E-state index contributed by atoms with van der Waals surface area (Å²) in [5.74, 6) is 1.31. The number of amides is 1. The number of piperidine rings is 1. The van der Waals surface area contributed by atoms with Gasteiger partial charge in [0.1, 0.15) is 5.82 Å². The number of pyridine rings is 2. The van der Waals surface area contributed by atoms with Gasteiger partial charge in [0.2, 0.25) is 6.41 Å². The summed E-state index contributed by atoms with van der Waals surface area (Å²) < 4.78 is 1.95. The van der Waals surface area contributed by atoms with E-state index in [1.54, 1.807) is 0 Å². The third kappa shape index (κ3) is 3.33. The van der Waals surface area contributed by atoms with E-state index < -0.39 is 0 Å². The SMILES string of the molecule is CN(C)C1CN(c2ccc(-c3nn4ccccc4c3C3CCCN(C=O)C3)cn2)C1. The zero-order chi connectivity index (χ0) is 20.7. The number of hydrogen-bond donors (Lipinski definition) is 0. The van der Waals surface area contributed by atoms with Gasteiger partial charge in [-0.25, -0.2) is 9.50 Å². The number of anilines is 1. The molecule has 1 amide bonds. The van der Waals surface area contributed by atoms with Crippen LogP contribution in [0.3, 0.4) is 0 Å². The number of nitrogens with zero attached hydrogens (tertiary/aromatic N) is 6.